The molecule has 74 valence electrons. The Hall–Kier alpha value is -0.510. The van der Waals surface area contributed by atoms with Crippen molar-refractivity contribution < 1.29 is 9.47 Å². The molecule has 0 amide bonds. The summed E-state index contributed by atoms with van der Waals surface area (Å²) in [5.74, 6) is 1.64. The first-order valence-electron chi connectivity index (χ1n) is 4.86. The number of hydrogen-bond donors (Lipinski definition) is 0. The first kappa shape index (κ1) is 8.77. The fourth-order valence-corrected chi connectivity index (χ4v) is 3.26. The lowest BCUT2D eigenvalue weighted by molar-refractivity contribution is -0.168. The number of benzene rings is 1. The molecule has 0 aliphatic carbocycles. The van der Waals surface area contributed by atoms with Crippen molar-refractivity contribution in [1.29, 1.82) is 0 Å². The molecule has 3 rings (SSSR count). The van der Waals surface area contributed by atoms with Gasteiger partial charge in [-0.25, -0.2) is 0 Å². The first-order valence-corrected chi connectivity index (χ1v) is 5.85. The average Bonchev–Trinajstić information content (AvgIpc) is 2.29. The van der Waals surface area contributed by atoms with Crippen molar-refractivity contribution in [3.8, 4) is 0 Å². The molecule has 0 N–H and O–H groups in total. The van der Waals surface area contributed by atoms with Crippen LogP contribution in [0.25, 0.3) is 0 Å². The van der Waals surface area contributed by atoms with Gasteiger partial charge in [-0.15, -0.1) is 11.8 Å². The van der Waals surface area contributed by atoms with Gasteiger partial charge in [0.25, 0.3) is 0 Å². The molecule has 0 radical (unpaired) electrons. The zero-order valence-electron chi connectivity index (χ0n) is 7.81. The molecule has 0 saturated carbocycles. The number of thioether (sulfide) groups is 1. The van der Waals surface area contributed by atoms with Gasteiger partial charge in [0.2, 0.25) is 0 Å². The van der Waals surface area contributed by atoms with E-state index in [9.17, 15) is 0 Å². The second-order valence-corrected chi connectivity index (χ2v) is 4.75. The van der Waals surface area contributed by atoms with Crippen LogP contribution in [0.1, 0.15) is 11.7 Å². The third-order valence-corrected chi connectivity index (χ3v) is 4.05. The first-order chi connectivity index (χ1) is 6.95. The Morgan fingerprint density at radius 1 is 1.29 bits per heavy atom. The second-order valence-electron chi connectivity index (χ2n) is 3.68. The minimum absolute atomic E-state index is 0.265. The Balaban J connectivity index is 1.99. The minimum atomic E-state index is 0.265. The van der Waals surface area contributed by atoms with Crippen molar-refractivity contribution in [3.63, 3.8) is 0 Å². The lowest BCUT2D eigenvalue weighted by Gasteiger charge is -2.36. The Morgan fingerprint density at radius 3 is 3.21 bits per heavy atom. The molecule has 2 unspecified atom stereocenters. The number of fused-ring (bicyclic) bond motifs is 3. The Labute approximate surface area is 87.6 Å². The monoisotopic (exact) mass is 208 g/mol. The van der Waals surface area contributed by atoms with Crippen molar-refractivity contribution in [3.05, 3.63) is 29.8 Å². The molecule has 2 aliphatic rings. The van der Waals surface area contributed by atoms with Gasteiger partial charge in [-0.2, -0.15) is 0 Å². The van der Waals surface area contributed by atoms with E-state index in [2.05, 4.69) is 24.3 Å². The molecule has 0 aromatic heterocycles. The maximum atomic E-state index is 5.67. The Kier molecular flexibility index (Phi) is 2.24. The van der Waals surface area contributed by atoms with E-state index in [1.54, 1.807) is 0 Å². The number of rotatable bonds is 0. The van der Waals surface area contributed by atoms with Gasteiger partial charge in [-0.3, -0.25) is 0 Å². The van der Waals surface area contributed by atoms with Crippen LogP contribution in [0.5, 0.6) is 0 Å². The van der Waals surface area contributed by atoms with Crippen LogP contribution in [0.3, 0.4) is 0 Å². The molecule has 2 atom stereocenters. The standard InChI is InChI=1S/C11H12O2S/c1-2-4-10-9(3-1)11-8(6-14-10)5-12-7-13-11/h1-4,8,11H,5-7H2. The average molecular weight is 208 g/mol. The van der Waals surface area contributed by atoms with E-state index < -0.39 is 0 Å². The van der Waals surface area contributed by atoms with E-state index in [1.165, 1.54) is 10.5 Å². The highest BCUT2D eigenvalue weighted by atomic mass is 32.2. The molecule has 0 spiro atoms. The lowest BCUT2D eigenvalue weighted by Crippen LogP contribution is -2.32. The van der Waals surface area contributed by atoms with Gasteiger partial charge in [0.1, 0.15) is 6.79 Å². The van der Waals surface area contributed by atoms with E-state index in [0.29, 0.717) is 12.7 Å². The van der Waals surface area contributed by atoms with Gasteiger partial charge >= 0.3 is 0 Å². The maximum absolute atomic E-state index is 5.67. The molecule has 2 heterocycles. The summed E-state index contributed by atoms with van der Waals surface area (Å²) in [5, 5.41) is 0. The van der Waals surface area contributed by atoms with Gasteiger partial charge in [-0.1, -0.05) is 18.2 Å². The largest absolute Gasteiger partial charge is 0.355 e. The zero-order valence-corrected chi connectivity index (χ0v) is 8.63. The topological polar surface area (TPSA) is 18.5 Å². The third kappa shape index (κ3) is 1.36. The number of ether oxygens (including phenoxy) is 2. The quantitative estimate of drug-likeness (QED) is 0.652. The second kappa shape index (κ2) is 3.57. The summed E-state index contributed by atoms with van der Waals surface area (Å²) < 4.78 is 11.0. The van der Waals surface area contributed by atoms with Crippen molar-refractivity contribution in [2.24, 2.45) is 5.92 Å². The molecule has 14 heavy (non-hydrogen) atoms. The zero-order chi connectivity index (χ0) is 9.38. The summed E-state index contributed by atoms with van der Waals surface area (Å²) in [5.41, 5.74) is 1.34. The van der Waals surface area contributed by atoms with Gasteiger partial charge < -0.3 is 9.47 Å². The summed E-state index contributed by atoms with van der Waals surface area (Å²) >= 11 is 1.91. The van der Waals surface area contributed by atoms with Gasteiger partial charge in [0.15, 0.2) is 0 Å². The molecular formula is C11H12O2S. The fourth-order valence-electron chi connectivity index (χ4n) is 2.07. The van der Waals surface area contributed by atoms with Crippen molar-refractivity contribution in [2.45, 2.75) is 11.0 Å². The Bertz CT molecular complexity index is 340. The van der Waals surface area contributed by atoms with Gasteiger partial charge in [0, 0.05) is 16.6 Å². The molecule has 2 aliphatic heterocycles. The van der Waals surface area contributed by atoms with Crippen molar-refractivity contribution >= 4 is 11.8 Å². The SMILES string of the molecule is c1ccc2c(c1)SCC1COCOC21. The molecule has 2 nitrogen and oxygen atoms in total. The Morgan fingerprint density at radius 2 is 2.21 bits per heavy atom. The van der Waals surface area contributed by atoms with E-state index in [-0.39, 0.29) is 6.10 Å². The third-order valence-electron chi connectivity index (χ3n) is 2.77. The number of hydrogen-bond acceptors (Lipinski definition) is 3. The van der Waals surface area contributed by atoms with Crippen LogP contribution in [0.15, 0.2) is 29.2 Å². The van der Waals surface area contributed by atoms with Crippen LogP contribution in [0, 0.1) is 5.92 Å². The highest BCUT2D eigenvalue weighted by molar-refractivity contribution is 7.99. The minimum Gasteiger partial charge on any atom is -0.355 e. The summed E-state index contributed by atoms with van der Waals surface area (Å²) in [7, 11) is 0. The van der Waals surface area contributed by atoms with Crippen LogP contribution in [0.4, 0.5) is 0 Å². The van der Waals surface area contributed by atoms with Crippen LogP contribution in [-0.4, -0.2) is 19.2 Å². The summed E-state index contributed by atoms with van der Waals surface area (Å²) in [6.07, 6.45) is 0.265. The highest BCUT2D eigenvalue weighted by Gasteiger charge is 2.33. The summed E-state index contributed by atoms with van der Waals surface area (Å²) in [6, 6.07) is 8.52. The molecular weight excluding hydrogens is 196 g/mol. The molecule has 1 fully saturated rings. The van der Waals surface area contributed by atoms with Gasteiger partial charge in [-0.05, 0) is 11.6 Å². The van der Waals surface area contributed by atoms with E-state index >= 15 is 0 Å². The molecule has 3 heteroatoms. The predicted octanol–water partition coefficient (Wildman–Crippen LogP) is 2.45. The van der Waals surface area contributed by atoms with Crippen molar-refractivity contribution in [2.75, 3.05) is 19.2 Å². The maximum Gasteiger partial charge on any atom is 0.147 e. The van der Waals surface area contributed by atoms with E-state index in [0.717, 1.165) is 12.4 Å². The summed E-state index contributed by atoms with van der Waals surface area (Å²) in [6.45, 7) is 1.28. The lowest BCUT2D eigenvalue weighted by atomic mass is 9.96. The molecule has 0 bridgehead atoms. The van der Waals surface area contributed by atoms with Crippen LogP contribution in [0.2, 0.25) is 0 Å². The van der Waals surface area contributed by atoms with E-state index in [4.69, 9.17) is 9.47 Å². The van der Waals surface area contributed by atoms with Crippen molar-refractivity contribution in [1.82, 2.24) is 0 Å². The van der Waals surface area contributed by atoms with Crippen LogP contribution >= 0.6 is 11.8 Å². The van der Waals surface area contributed by atoms with E-state index in [1.807, 2.05) is 11.8 Å². The normalized spacial score (nSPS) is 30.6. The van der Waals surface area contributed by atoms with Crippen LogP contribution < -0.4 is 0 Å². The predicted molar refractivity (Wildman–Crippen MR) is 55.3 cm³/mol. The molecule has 1 aromatic carbocycles. The summed E-state index contributed by atoms with van der Waals surface area (Å²) in [4.78, 5) is 1.37. The molecule has 1 saturated heterocycles. The smallest absolute Gasteiger partial charge is 0.147 e. The fraction of sp³-hybridized carbons (Fsp3) is 0.455. The van der Waals surface area contributed by atoms with Gasteiger partial charge in [0.05, 0.1) is 12.7 Å². The van der Waals surface area contributed by atoms with Crippen LogP contribution in [-0.2, 0) is 9.47 Å². The highest BCUT2D eigenvalue weighted by Crippen LogP contribution is 2.42. The molecule has 1 aromatic rings.